The van der Waals surface area contributed by atoms with Gasteiger partial charge in [-0.3, -0.25) is 4.79 Å². The molecule has 1 unspecified atom stereocenters. The van der Waals surface area contributed by atoms with Crippen LogP contribution in [0.1, 0.15) is 26.2 Å². The molecule has 5 heteroatoms. The quantitative estimate of drug-likeness (QED) is 0.708. The first kappa shape index (κ1) is 15.4. The predicted octanol–water partition coefficient (Wildman–Crippen LogP) is 1.87. The molecule has 0 spiro atoms. The molecule has 1 aromatic carbocycles. The molecule has 19 heavy (non-hydrogen) atoms. The highest BCUT2D eigenvalue weighted by Crippen LogP contribution is 2.16. The first-order valence-electron chi connectivity index (χ1n) is 6.45. The van der Waals surface area contributed by atoms with Gasteiger partial charge in [-0.15, -0.1) is 0 Å². The summed E-state index contributed by atoms with van der Waals surface area (Å²) in [5.74, 6) is -0.678. The van der Waals surface area contributed by atoms with Crippen LogP contribution in [0.15, 0.2) is 24.3 Å². The Morgan fingerprint density at radius 3 is 2.79 bits per heavy atom. The summed E-state index contributed by atoms with van der Waals surface area (Å²) in [5, 5.41) is 11.3. The number of halogens is 1. The van der Waals surface area contributed by atoms with Crippen molar-refractivity contribution in [1.82, 2.24) is 5.32 Å². The molecule has 1 atom stereocenters. The maximum absolute atomic E-state index is 13.3. The van der Waals surface area contributed by atoms with Crippen LogP contribution in [0, 0.1) is 5.82 Å². The van der Waals surface area contributed by atoms with Crippen LogP contribution in [-0.4, -0.2) is 30.3 Å². The third-order valence-electron chi connectivity index (χ3n) is 2.64. The fraction of sp³-hybridized carbons (Fsp3) is 0.500. The van der Waals surface area contributed by atoms with E-state index in [1.165, 1.54) is 12.1 Å². The summed E-state index contributed by atoms with van der Waals surface area (Å²) in [7, 11) is 0. The number of carbonyl (C=O) groups excluding carboxylic acids is 1. The molecule has 1 rings (SSSR count). The van der Waals surface area contributed by atoms with Crippen LogP contribution in [0.25, 0.3) is 0 Å². The topological polar surface area (TPSA) is 58.6 Å². The SMILES string of the molecule is CC(Oc1ccccc1F)C(=O)NCCCCCO. The van der Waals surface area contributed by atoms with Crippen LogP contribution >= 0.6 is 0 Å². The van der Waals surface area contributed by atoms with E-state index in [2.05, 4.69) is 5.32 Å². The van der Waals surface area contributed by atoms with Gasteiger partial charge in [0.25, 0.3) is 5.91 Å². The Morgan fingerprint density at radius 1 is 1.37 bits per heavy atom. The van der Waals surface area contributed by atoms with Gasteiger partial charge in [-0.2, -0.15) is 0 Å². The van der Waals surface area contributed by atoms with Gasteiger partial charge in [-0.05, 0) is 38.3 Å². The van der Waals surface area contributed by atoms with E-state index >= 15 is 0 Å². The van der Waals surface area contributed by atoms with Gasteiger partial charge >= 0.3 is 0 Å². The fourth-order valence-electron chi connectivity index (χ4n) is 1.55. The van der Waals surface area contributed by atoms with Crippen molar-refractivity contribution >= 4 is 5.91 Å². The number of aliphatic hydroxyl groups is 1. The summed E-state index contributed by atoms with van der Waals surface area (Å²) in [6.07, 6.45) is 1.66. The van der Waals surface area contributed by atoms with E-state index in [0.29, 0.717) is 6.54 Å². The van der Waals surface area contributed by atoms with E-state index in [0.717, 1.165) is 19.3 Å². The monoisotopic (exact) mass is 269 g/mol. The number of rotatable bonds is 8. The number of para-hydroxylation sites is 1. The summed E-state index contributed by atoms with van der Waals surface area (Å²) in [6.45, 7) is 2.28. The molecule has 0 saturated heterocycles. The Hall–Kier alpha value is -1.62. The van der Waals surface area contributed by atoms with Crippen LogP contribution in [0.5, 0.6) is 5.75 Å². The summed E-state index contributed by atoms with van der Waals surface area (Å²) in [5.41, 5.74) is 0. The van der Waals surface area contributed by atoms with Crippen molar-refractivity contribution in [3.63, 3.8) is 0 Å². The lowest BCUT2D eigenvalue weighted by Gasteiger charge is -2.15. The largest absolute Gasteiger partial charge is 0.478 e. The number of benzene rings is 1. The van der Waals surface area contributed by atoms with E-state index in [4.69, 9.17) is 9.84 Å². The van der Waals surface area contributed by atoms with Crippen molar-refractivity contribution in [2.24, 2.45) is 0 Å². The molecule has 0 aromatic heterocycles. The van der Waals surface area contributed by atoms with Crippen molar-refractivity contribution in [1.29, 1.82) is 0 Å². The smallest absolute Gasteiger partial charge is 0.260 e. The first-order valence-corrected chi connectivity index (χ1v) is 6.45. The molecular formula is C14H20FNO3. The van der Waals surface area contributed by atoms with Crippen LogP contribution in [0.2, 0.25) is 0 Å². The van der Waals surface area contributed by atoms with Crippen molar-refractivity contribution in [2.75, 3.05) is 13.2 Å². The molecular weight excluding hydrogens is 249 g/mol. The second-order valence-corrected chi connectivity index (χ2v) is 4.27. The maximum atomic E-state index is 13.3. The van der Waals surface area contributed by atoms with Gasteiger partial charge in [-0.25, -0.2) is 4.39 Å². The van der Waals surface area contributed by atoms with Gasteiger partial charge < -0.3 is 15.2 Å². The summed E-state index contributed by atoms with van der Waals surface area (Å²) in [4.78, 5) is 11.7. The van der Waals surface area contributed by atoms with Crippen molar-refractivity contribution in [3.05, 3.63) is 30.1 Å². The number of carbonyl (C=O) groups is 1. The summed E-state index contributed by atoms with van der Waals surface area (Å²) >= 11 is 0. The Labute approximate surface area is 112 Å². The number of unbranched alkanes of at least 4 members (excludes halogenated alkanes) is 2. The average molecular weight is 269 g/mol. The molecule has 0 bridgehead atoms. The number of aliphatic hydroxyl groups excluding tert-OH is 1. The van der Waals surface area contributed by atoms with Crippen molar-refractivity contribution in [2.45, 2.75) is 32.3 Å². The highest BCUT2D eigenvalue weighted by molar-refractivity contribution is 5.80. The highest BCUT2D eigenvalue weighted by Gasteiger charge is 2.15. The molecule has 1 amide bonds. The Bertz CT molecular complexity index is 398. The lowest BCUT2D eigenvalue weighted by molar-refractivity contribution is -0.127. The second kappa shape index (κ2) is 8.48. The molecule has 0 heterocycles. The standard InChI is InChI=1S/C14H20FNO3/c1-11(14(18)16-9-5-2-6-10-17)19-13-8-4-3-7-12(13)15/h3-4,7-8,11,17H,2,5-6,9-10H2,1H3,(H,16,18). The Kier molecular flexibility index (Phi) is 6.89. The molecule has 106 valence electrons. The summed E-state index contributed by atoms with van der Waals surface area (Å²) in [6, 6.07) is 5.99. The second-order valence-electron chi connectivity index (χ2n) is 4.27. The maximum Gasteiger partial charge on any atom is 0.260 e. The van der Waals surface area contributed by atoms with E-state index in [1.54, 1.807) is 19.1 Å². The zero-order chi connectivity index (χ0) is 14.1. The van der Waals surface area contributed by atoms with Gasteiger partial charge in [-0.1, -0.05) is 12.1 Å². The fourth-order valence-corrected chi connectivity index (χ4v) is 1.55. The number of nitrogens with one attached hydrogen (secondary N) is 1. The van der Waals surface area contributed by atoms with Crippen LogP contribution < -0.4 is 10.1 Å². The lowest BCUT2D eigenvalue weighted by Crippen LogP contribution is -2.37. The first-order chi connectivity index (χ1) is 9.15. The Morgan fingerprint density at radius 2 is 2.11 bits per heavy atom. The molecule has 0 aliphatic carbocycles. The van der Waals surface area contributed by atoms with Crippen LogP contribution in [0.3, 0.4) is 0 Å². The summed E-state index contributed by atoms with van der Waals surface area (Å²) < 4.78 is 18.6. The van der Waals surface area contributed by atoms with E-state index in [-0.39, 0.29) is 18.3 Å². The molecule has 1 aromatic rings. The highest BCUT2D eigenvalue weighted by atomic mass is 19.1. The predicted molar refractivity (Wildman–Crippen MR) is 70.4 cm³/mol. The number of ether oxygens (including phenoxy) is 1. The molecule has 2 N–H and O–H groups in total. The van der Waals surface area contributed by atoms with E-state index in [9.17, 15) is 9.18 Å². The van der Waals surface area contributed by atoms with Gasteiger partial charge in [0.15, 0.2) is 17.7 Å². The molecule has 0 saturated carbocycles. The van der Waals surface area contributed by atoms with E-state index < -0.39 is 11.9 Å². The number of amides is 1. The molecule has 0 aliphatic heterocycles. The molecule has 0 fully saturated rings. The molecule has 0 aliphatic rings. The van der Waals surface area contributed by atoms with Crippen LogP contribution in [-0.2, 0) is 4.79 Å². The minimum atomic E-state index is -0.741. The van der Waals surface area contributed by atoms with Crippen molar-refractivity contribution < 1.29 is 19.0 Å². The lowest BCUT2D eigenvalue weighted by atomic mass is 10.2. The average Bonchev–Trinajstić information content (AvgIpc) is 2.41. The Balaban J connectivity index is 2.31. The molecule has 0 radical (unpaired) electrons. The number of hydrogen-bond donors (Lipinski definition) is 2. The zero-order valence-corrected chi connectivity index (χ0v) is 11.1. The van der Waals surface area contributed by atoms with Gasteiger partial charge in [0.2, 0.25) is 0 Å². The van der Waals surface area contributed by atoms with Crippen molar-refractivity contribution in [3.8, 4) is 5.75 Å². The van der Waals surface area contributed by atoms with E-state index in [1.807, 2.05) is 0 Å². The third-order valence-corrected chi connectivity index (χ3v) is 2.64. The van der Waals surface area contributed by atoms with Gasteiger partial charge in [0, 0.05) is 13.2 Å². The van der Waals surface area contributed by atoms with Gasteiger partial charge in [0.05, 0.1) is 0 Å². The number of hydrogen-bond acceptors (Lipinski definition) is 3. The zero-order valence-electron chi connectivity index (χ0n) is 11.1. The van der Waals surface area contributed by atoms with Gasteiger partial charge in [0.1, 0.15) is 0 Å². The minimum absolute atomic E-state index is 0.0745. The van der Waals surface area contributed by atoms with Crippen LogP contribution in [0.4, 0.5) is 4.39 Å². The third kappa shape index (κ3) is 5.70. The normalized spacial score (nSPS) is 11.9. The minimum Gasteiger partial charge on any atom is -0.478 e. The molecule has 4 nitrogen and oxygen atoms in total.